The zero-order chi connectivity index (χ0) is 13.9. The van der Waals surface area contributed by atoms with E-state index in [0.29, 0.717) is 6.54 Å². The van der Waals surface area contributed by atoms with Gasteiger partial charge in [0.05, 0.1) is 13.2 Å². The maximum absolute atomic E-state index is 6.06. The van der Waals surface area contributed by atoms with Gasteiger partial charge in [0.2, 0.25) is 0 Å². The summed E-state index contributed by atoms with van der Waals surface area (Å²) in [6, 6.07) is 9.40. The topological polar surface area (TPSA) is 41.7 Å². The van der Waals surface area contributed by atoms with Crippen molar-refractivity contribution in [2.24, 2.45) is 5.73 Å². The second-order valence-corrected chi connectivity index (χ2v) is 5.80. The number of nitrogens with two attached hydrogens (primary N) is 1. The SMILES string of the molecule is COc1ccccc1C(CN)N1CCN(C2CC2)CC1. The summed E-state index contributed by atoms with van der Waals surface area (Å²) >= 11 is 0. The van der Waals surface area contributed by atoms with Crippen molar-refractivity contribution in [3.8, 4) is 5.75 Å². The Hall–Kier alpha value is -1.10. The lowest BCUT2D eigenvalue weighted by atomic mass is 10.0. The van der Waals surface area contributed by atoms with Crippen LogP contribution in [0, 0.1) is 0 Å². The molecule has 1 aromatic rings. The molecule has 20 heavy (non-hydrogen) atoms. The summed E-state index contributed by atoms with van der Waals surface area (Å²) in [5.74, 6) is 0.951. The van der Waals surface area contributed by atoms with E-state index >= 15 is 0 Å². The molecule has 0 bridgehead atoms. The van der Waals surface area contributed by atoms with E-state index in [1.54, 1.807) is 7.11 Å². The predicted octanol–water partition coefficient (Wildman–Crippen LogP) is 1.47. The van der Waals surface area contributed by atoms with Gasteiger partial charge >= 0.3 is 0 Å². The van der Waals surface area contributed by atoms with E-state index in [0.717, 1.165) is 24.9 Å². The number of benzene rings is 1. The molecule has 0 spiro atoms. The van der Waals surface area contributed by atoms with Gasteiger partial charge in [-0.15, -0.1) is 0 Å². The molecule has 0 aromatic heterocycles. The van der Waals surface area contributed by atoms with Crippen LogP contribution in [-0.4, -0.2) is 55.7 Å². The Bertz CT molecular complexity index is 439. The van der Waals surface area contributed by atoms with Gasteiger partial charge in [0.15, 0.2) is 0 Å². The molecule has 1 aromatic carbocycles. The smallest absolute Gasteiger partial charge is 0.123 e. The van der Waals surface area contributed by atoms with Gasteiger partial charge in [0, 0.05) is 44.3 Å². The molecule has 0 radical (unpaired) electrons. The van der Waals surface area contributed by atoms with Gasteiger partial charge in [-0.1, -0.05) is 18.2 Å². The van der Waals surface area contributed by atoms with Crippen LogP contribution in [0.4, 0.5) is 0 Å². The molecule has 1 atom stereocenters. The van der Waals surface area contributed by atoms with Gasteiger partial charge in [-0.3, -0.25) is 9.80 Å². The van der Waals surface area contributed by atoms with Gasteiger partial charge < -0.3 is 10.5 Å². The molecule has 1 saturated heterocycles. The molecule has 0 amide bonds. The van der Waals surface area contributed by atoms with Crippen molar-refractivity contribution in [1.82, 2.24) is 9.80 Å². The first kappa shape index (κ1) is 13.9. The lowest BCUT2D eigenvalue weighted by molar-refractivity contribution is 0.0928. The first-order valence-corrected chi connectivity index (χ1v) is 7.64. The van der Waals surface area contributed by atoms with Gasteiger partial charge in [0.25, 0.3) is 0 Å². The molecule has 2 N–H and O–H groups in total. The number of hydrogen-bond donors (Lipinski definition) is 1. The van der Waals surface area contributed by atoms with Crippen molar-refractivity contribution in [3.63, 3.8) is 0 Å². The third kappa shape index (κ3) is 2.82. The first-order chi connectivity index (χ1) is 9.83. The lowest BCUT2D eigenvalue weighted by Gasteiger charge is -2.39. The van der Waals surface area contributed by atoms with Crippen LogP contribution in [0.1, 0.15) is 24.4 Å². The van der Waals surface area contributed by atoms with E-state index in [-0.39, 0.29) is 6.04 Å². The lowest BCUT2D eigenvalue weighted by Crippen LogP contribution is -2.49. The molecule has 2 fully saturated rings. The number of ether oxygens (including phenoxy) is 1. The molecule has 4 nitrogen and oxygen atoms in total. The number of rotatable bonds is 5. The van der Waals surface area contributed by atoms with Gasteiger partial charge in [0.1, 0.15) is 5.75 Å². The number of nitrogens with zero attached hydrogens (tertiary/aromatic N) is 2. The van der Waals surface area contributed by atoms with Crippen LogP contribution in [0.5, 0.6) is 5.75 Å². The third-order valence-corrected chi connectivity index (χ3v) is 4.57. The van der Waals surface area contributed by atoms with Crippen molar-refractivity contribution < 1.29 is 4.74 Å². The second-order valence-electron chi connectivity index (χ2n) is 5.80. The minimum Gasteiger partial charge on any atom is -0.496 e. The van der Waals surface area contributed by atoms with Gasteiger partial charge in [-0.25, -0.2) is 0 Å². The van der Waals surface area contributed by atoms with Crippen molar-refractivity contribution in [3.05, 3.63) is 29.8 Å². The van der Waals surface area contributed by atoms with Crippen LogP contribution in [-0.2, 0) is 0 Å². The average Bonchev–Trinajstić information content (AvgIpc) is 3.34. The highest BCUT2D eigenvalue weighted by molar-refractivity contribution is 5.36. The Labute approximate surface area is 121 Å². The van der Waals surface area contributed by atoms with Crippen LogP contribution >= 0.6 is 0 Å². The second kappa shape index (κ2) is 6.12. The highest BCUT2D eigenvalue weighted by atomic mass is 16.5. The Morgan fingerprint density at radius 2 is 1.90 bits per heavy atom. The first-order valence-electron chi connectivity index (χ1n) is 7.64. The van der Waals surface area contributed by atoms with Crippen molar-refractivity contribution in [1.29, 1.82) is 0 Å². The predicted molar refractivity (Wildman–Crippen MR) is 81.0 cm³/mol. The molecule has 1 aliphatic heterocycles. The summed E-state index contributed by atoms with van der Waals surface area (Å²) in [5.41, 5.74) is 7.27. The quantitative estimate of drug-likeness (QED) is 0.884. The van der Waals surface area contributed by atoms with E-state index < -0.39 is 0 Å². The molecule has 1 unspecified atom stereocenters. The zero-order valence-electron chi connectivity index (χ0n) is 12.3. The summed E-state index contributed by atoms with van der Waals surface area (Å²) < 4.78 is 5.50. The monoisotopic (exact) mass is 275 g/mol. The number of hydrogen-bond acceptors (Lipinski definition) is 4. The Morgan fingerprint density at radius 3 is 2.50 bits per heavy atom. The Morgan fingerprint density at radius 1 is 1.20 bits per heavy atom. The Kier molecular flexibility index (Phi) is 4.24. The summed E-state index contributed by atoms with van der Waals surface area (Å²) in [7, 11) is 1.73. The van der Waals surface area contributed by atoms with Crippen molar-refractivity contribution in [2.45, 2.75) is 24.9 Å². The molecule has 110 valence electrons. The van der Waals surface area contributed by atoms with Crippen molar-refractivity contribution in [2.75, 3.05) is 39.8 Å². The minimum absolute atomic E-state index is 0.271. The van der Waals surface area contributed by atoms with Crippen LogP contribution in [0.15, 0.2) is 24.3 Å². The summed E-state index contributed by atoms with van der Waals surface area (Å²) in [6.45, 7) is 5.21. The van der Waals surface area contributed by atoms with Crippen LogP contribution in [0.3, 0.4) is 0 Å². The number of methoxy groups -OCH3 is 1. The highest BCUT2D eigenvalue weighted by Gasteiger charge is 2.33. The average molecular weight is 275 g/mol. The van der Waals surface area contributed by atoms with E-state index in [1.165, 1.54) is 31.5 Å². The number of piperazine rings is 1. The number of para-hydroxylation sites is 1. The fourth-order valence-electron chi connectivity index (χ4n) is 3.27. The van der Waals surface area contributed by atoms with Gasteiger partial charge in [-0.05, 0) is 18.9 Å². The van der Waals surface area contributed by atoms with E-state index in [9.17, 15) is 0 Å². The largest absolute Gasteiger partial charge is 0.496 e. The fraction of sp³-hybridized carbons (Fsp3) is 0.625. The van der Waals surface area contributed by atoms with Crippen LogP contribution in [0.25, 0.3) is 0 Å². The molecule has 2 aliphatic rings. The third-order valence-electron chi connectivity index (χ3n) is 4.57. The summed E-state index contributed by atoms with van der Waals surface area (Å²) in [6.07, 6.45) is 2.79. The molecule has 1 aliphatic carbocycles. The fourth-order valence-corrected chi connectivity index (χ4v) is 3.27. The molecule has 1 heterocycles. The zero-order valence-corrected chi connectivity index (χ0v) is 12.3. The normalized spacial score (nSPS) is 22.7. The summed E-state index contributed by atoms with van der Waals surface area (Å²) in [5, 5.41) is 0. The maximum Gasteiger partial charge on any atom is 0.123 e. The molecular weight excluding hydrogens is 250 g/mol. The molecular formula is C16H25N3O. The van der Waals surface area contributed by atoms with E-state index in [1.807, 2.05) is 12.1 Å². The maximum atomic E-state index is 6.06. The van der Waals surface area contributed by atoms with Crippen LogP contribution < -0.4 is 10.5 Å². The minimum atomic E-state index is 0.271. The van der Waals surface area contributed by atoms with E-state index in [4.69, 9.17) is 10.5 Å². The molecule has 3 rings (SSSR count). The molecule has 1 saturated carbocycles. The summed E-state index contributed by atoms with van der Waals surface area (Å²) in [4.78, 5) is 5.14. The highest BCUT2D eigenvalue weighted by Crippen LogP contribution is 2.32. The Balaban J connectivity index is 1.70. The standard InChI is InChI=1S/C16H25N3O/c1-20-16-5-3-2-4-14(16)15(12-17)19-10-8-18(9-11-19)13-6-7-13/h2-5,13,15H,6-12,17H2,1H3. The van der Waals surface area contributed by atoms with E-state index in [2.05, 4.69) is 21.9 Å². The van der Waals surface area contributed by atoms with Gasteiger partial charge in [-0.2, -0.15) is 0 Å². The molecule has 4 heteroatoms. The van der Waals surface area contributed by atoms with Crippen molar-refractivity contribution >= 4 is 0 Å². The van der Waals surface area contributed by atoms with Crippen LogP contribution in [0.2, 0.25) is 0 Å².